The molecule has 0 fully saturated rings. The Morgan fingerprint density at radius 2 is 1.96 bits per heavy atom. The predicted molar refractivity (Wildman–Crippen MR) is 101 cm³/mol. The highest BCUT2D eigenvalue weighted by molar-refractivity contribution is 5.76. The monoisotopic (exact) mass is 375 g/mol. The Bertz CT molecular complexity index is 1280. The second-order valence-electron chi connectivity index (χ2n) is 6.58. The average Bonchev–Trinajstić information content (AvgIpc) is 3.46. The molecule has 0 saturated carbocycles. The van der Waals surface area contributed by atoms with Crippen LogP contribution in [0.3, 0.4) is 0 Å². The third-order valence-electron chi connectivity index (χ3n) is 4.53. The first-order valence-electron chi connectivity index (χ1n) is 8.71. The van der Waals surface area contributed by atoms with E-state index in [0.717, 1.165) is 11.3 Å². The molecule has 0 aliphatic heterocycles. The second-order valence-corrected chi connectivity index (χ2v) is 6.58. The van der Waals surface area contributed by atoms with E-state index < -0.39 is 0 Å². The van der Waals surface area contributed by atoms with Crippen molar-refractivity contribution in [1.29, 1.82) is 0 Å². The molecule has 0 aromatic carbocycles. The van der Waals surface area contributed by atoms with Crippen molar-refractivity contribution in [3.05, 3.63) is 60.7 Å². The maximum Gasteiger partial charge on any atom is 0.219 e. The largest absolute Gasteiger partial charge is 0.493 e. The van der Waals surface area contributed by atoms with Crippen LogP contribution < -0.4 is 0 Å². The van der Waals surface area contributed by atoms with Gasteiger partial charge in [-0.05, 0) is 18.2 Å². The third kappa shape index (κ3) is 2.64. The molecule has 0 spiro atoms. The van der Waals surface area contributed by atoms with E-state index in [1.807, 2.05) is 44.7 Å². The zero-order chi connectivity index (χ0) is 19.3. The molecule has 1 N–H and O–H groups in total. The minimum absolute atomic E-state index is 0.0520. The number of hydrogen-bond acceptors (Lipinski definition) is 6. The van der Waals surface area contributed by atoms with Crippen molar-refractivity contribution in [2.45, 2.75) is 6.42 Å². The van der Waals surface area contributed by atoms with Crippen molar-refractivity contribution in [3.8, 4) is 28.5 Å². The first kappa shape index (κ1) is 16.3. The number of imidazole rings is 1. The fourth-order valence-electron chi connectivity index (χ4n) is 3.19. The summed E-state index contributed by atoms with van der Waals surface area (Å²) in [5, 5.41) is 19.5. The quantitative estimate of drug-likeness (QED) is 0.518. The summed E-state index contributed by atoms with van der Waals surface area (Å²) in [7, 11) is 3.69. The SMILES string of the molecule is Cn1cc(-c2nc(-c3ccn(C)n3)cn3c(O)c(Cc4ccco4)nc23)cn1. The zero-order valence-electron chi connectivity index (χ0n) is 15.3. The van der Waals surface area contributed by atoms with E-state index in [1.165, 1.54) is 0 Å². The van der Waals surface area contributed by atoms with Gasteiger partial charge in [0.15, 0.2) is 5.65 Å². The number of aryl methyl sites for hydroxylation is 2. The summed E-state index contributed by atoms with van der Waals surface area (Å²) >= 11 is 0. The smallest absolute Gasteiger partial charge is 0.219 e. The highest BCUT2D eigenvalue weighted by Gasteiger charge is 2.20. The van der Waals surface area contributed by atoms with Gasteiger partial charge in [-0.3, -0.25) is 13.8 Å². The average molecular weight is 375 g/mol. The number of hydrogen-bond donors (Lipinski definition) is 1. The van der Waals surface area contributed by atoms with Crippen LogP contribution >= 0.6 is 0 Å². The molecule has 0 amide bonds. The molecule has 140 valence electrons. The molecular weight excluding hydrogens is 358 g/mol. The summed E-state index contributed by atoms with van der Waals surface area (Å²) in [5.74, 6) is 0.774. The van der Waals surface area contributed by atoms with E-state index in [0.29, 0.717) is 34.8 Å². The number of rotatable bonds is 4. The van der Waals surface area contributed by atoms with Crippen LogP contribution in [0.1, 0.15) is 11.5 Å². The maximum atomic E-state index is 10.8. The Morgan fingerprint density at radius 3 is 2.64 bits per heavy atom. The van der Waals surface area contributed by atoms with E-state index in [-0.39, 0.29) is 5.88 Å². The van der Waals surface area contributed by atoms with Crippen LogP contribution in [0.4, 0.5) is 0 Å². The van der Waals surface area contributed by atoms with Gasteiger partial charge in [-0.25, -0.2) is 9.97 Å². The third-order valence-corrected chi connectivity index (χ3v) is 4.53. The summed E-state index contributed by atoms with van der Waals surface area (Å²) in [5.41, 5.74) is 3.82. The summed E-state index contributed by atoms with van der Waals surface area (Å²) in [6.45, 7) is 0. The molecule has 0 atom stereocenters. The number of nitrogens with zero attached hydrogens (tertiary/aromatic N) is 7. The summed E-state index contributed by atoms with van der Waals surface area (Å²) < 4.78 is 10.4. The summed E-state index contributed by atoms with van der Waals surface area (Å²) in [6.07, 6.45) is 9.16. The molecule has 5 aromatic rings. The van der Waals surface area contributed by atoms with Gasteiger partial charge in [0.1, 0.15) is 28.5 Å². The van der Waals surface area contributed by atoms with Gasteiger partial charge in [0.25, 0.3) is 0 Å². The van der Waals surface area contributed by atoms with Crippen LogP contribution in [0.15, 0.2) is 53.7 Å². The zero-order valence-corrected chi connectivity index (χ0v) is 15.3. The predicted octanol–water partition coefficient (Wildman–Crippen LogP) is 2.42. The molecule has 9 nitrogen and oxygen atoms in total. The molecule has 9 heteroatoms. The minimum Gasteiger partial charge on any atom is -0.493 e. The molecule has 28 heavy (non-hydrogen) atoms. The minimum atomic E-state index is 0.0520. The topological polar surface area (TPSA) is 99.2 Å². The van der Waals surface area contributed by atoms with Crippen LogP contribution in [-0.2, 0) is 20.5 Å². The first-order chi connectivity index (χ1) is 13.6. The Hall–Kier alpha value is -3.88. The van der Waals surface area contributed by atoms with Crippen molar-refractivity contribution in [2.24, 2.45) is 14.1 Å². The molecular formula is C19H17N7O2. The molecule has 0 radical (unpaired) electrons. The van der Waals surface area contributed by atoms with Gasteiger partial charge in [0.2, 0.25) is 5.88 Å². The number of aromatic hydroxyl groups is 1. The van der Waals surface area contributed by atoms with Crippen LogP contribution in [0.2, 0.25) is 0 Å². The van der Waals surface area contributed by atoms with E-state index in [4.69, 9.17) is 9.40 Å². The summed E-state index contributed by atoms with van der Waals surface area (Å²) in [4.78, 5) is 9.41. The van der Waals surface area contributed by atoms with Gasteiger partial charge in [0, 0.05) is 38.2 Å². The number of fused-ring (bicyclic) bond motifs is 1. The molecule has 5 rings (SSSR count). The van der Waals surface area contributed by atoms with Gasteiger partial charge in [-0.15, -0.1) is 0 Å². The maximum absolute atomic E-state index is 10.8. The van der Waals surface area contributed by atoms with Gasteiger partial charge >= 0.3 is 0 Å². The molecule has 5 aromatic heterocycles. The lowest BCUT2D eigenvalue weighted by Crippen LogP contribution is -1.97. The van der Waals surface area contributed by atoms with Crippen molar-refractivity contribution >= 4 is 5.65 Å². The van der Waals surface area contributed by atoms with Crippen molar-refractivity contribution in [1.82, 2.24) is 33.9 Å². The Balaban J connectivity index is 1.74. The molecule has 0 aliphatic rings. The van der Waals surface area contributed by atoms with Gasteiger partial charge in [-0.2, -0.15) is 10.2 Å². The lowest BCUT2D eigenvalue weighted by atomic mass is 10.2. The Kier molecular flexibility index (Phi) is 3.54. The van der Waals surface area contributed by atoms with Gasteiger partial charge in [0.05, 0.1) is 18.9 Å². The van der Waals surface area contributed by atoms with E-state index >= 15 is 0 Å². The Morgan fingerprint density at radius 1 is 1.07 bits per heavy atom. The van der Waals surface area contributed by atoms with Crippen LogP contribution in [0, 0.1) is 0 Å². The van der Waals surface area contributed by atoms with Crippen LogP contribution in [0.25, 0.3) is 28.3 Å². The molecule has 0 unspecified atom stereocenters. The first-order valence-corrected chi connectivity index (χ1v) is 8.71. The van der Waals surface area contributed by atoms with Gasteiger partial charge in [-0.1, -0.05) is 0 Å². The van der Waals surface area contributed by atoms with E-state index in [9.17, 15) is 5.11 Å². The van der Waals surface area contributed by atoms with Gasteiger partial charge < -0.3 is 9.52 Å². The molecule has 0 bridgehead atoms. The standard InChI is InChI=1S/C19H17N7O2/c1-24-6-5-14(23-24)16-11-26-18(17(21-16)12-9-20-25(2)10-12)22-15(19(26)27)8-13-4-3-7-28-13/h3-7,9-11,27H,8H2,1-2H3. The lowest BCUT2D eigenvalue weighted by molar-refractivity contribution is 0.438. The number of furan rings is 1. The molecule has 5 heterocycles. The highest BCUT2D eigenvalue weighted by atomic mass is 16.3. The Labute approximate surface area is 159 Å². The summed E-state index contributed by atoms with van der Waals surface area (Å²) in [6, 6.07) is 5.53. The second kappa shape index (κ2) is 6.08. The number of aromatic nitrogens is 7. The fourth-order valence-corrected chi connectivity index (χ4v) is 3.19. The van der Waals surface area contributed by atoms with Crippen LogP contribution in [-0.4, -0.2) is 39.0 Å². The van der Waals surface area contributed by atoms with Crippen molar-refractivity contribution < 1.29 is 9.52 Å². The fraction of sp³-hybridized carbons (Fsp3) is 0.158. The van der Waals surface area contributed by atoms with Crippen molar-refractivity contribution in [2.75, 3.05) is 0 Å². The highest BCUT2D eigenvalue weighted by Crippen LogP contribution is 2.31. The molecule has 0 aliphatic carbocycles. The normalized spacial score (nSPS) is 11.5. The lowest BCUT2D eigenvalue weighted by Gasteiger charge is -2.05. The van der Waals surface area contributed by atoms with Crippen LogP contribution in [0.5, 0.6) is 5.88 Å². The van der Waals surface area contributed by atoms with E-state index in [1.54, 1.807) is 32.4 Å². The van der Waals surface area contributed by atoms with E-state index in [2.05, 4.69) is 15.2 Å². The van der Waals surface area contributed by atoms with Crippen molar-refractivity contribution in [3.63, 3.8) is 0 Å². The molecule has 0 saturated heterocycles.